The number of hydrogen-bond acceptors (Lipinski definition) is 1. The summed E-state index contributed by atoms with van der Waals surface area (Å²) in [6, 6.07) is 0.786. The van der Waals surface area contributed by atoms with Gasteiger partial charge in [0.1, 0.15) is 0 Å². The molecule has 0 spiro atoms. The summed E-state index contributed by atoms with van der Waals surface area (Å²) < 4.78 is 0. The van der Waals surface area contributed by atoms with Gasteiger partial charge in [0.15, 0.2) is 0 Å². The van der Waals surface area contributed by atoms with Crippen LogP contribution >= 0.6 is 0 Å². The van der Waals surface area contributed by atoms with E-state index in [0.717, 1.165) is 29.7 Å². The van der Waals surface area contributed by atoms with Crippen LogP contribution < -0.4 is 5.32 Å². The fourth-order valence-corrected chi connectivity index (χ4v) is 3.15. The van der Waals surface area contributed by atoms with Crippen molar-refractivity contribution in [1.29, 1.82) is 0 Å². The van der Waals surface area contributed by atoms with Gasteiger partial charge in [-0.3, -0.25) is 0 Å². The van der Waals surface area contributed by atoms with Crippen LogP contribution in [0, 0.1) is 23.7 Å². The van der Waals surface area contributed by atoms with E-state index < -0.39 is 0 Å². The molecule has 0 saturated heterocycles. The Balaban J connectivity index is 2.46. The predicted octanol–water partition coefficient (Wildman–Crippen LogP) is 4.08. The summed E-state index contributed by atoms with van der Waals surface area (Å²) in [6.45, 7) is 9.47. The minimum atomic E-state index is 0.786. The fourth-order valence-electron chi connectivity index (χ4n) is 3.15. The van der Waals surface area contributed by atoms with Crippen molar-refractivity contribution in [3.05, 3.63) is 0 Å². The molecule has 0 amide bonds. The van der Waals surface area contributed by atoms with Gasteiger partial charge in [0, 0.05) is 6.04 Å². The van der Waals surface area contributed by atoms with E-state index in [1.807, 2.05) is 0 Å². The van der Waals surface area contributed by atoms with Gasteiger partial charge in [-0.25, -0.2) is 0 Å². The molecule has 1 heteroatoms. The van der Waals surface area contributed by atoms with E-state index in [-0.39, 0.29) is 0 Å². The van der Waals surface area contributed by atoms with E-state index >= 15 is 0 Å². The molecule has 1 aliphatic carbocycles. The largest absolute Gasteiger partial charge is 0.317 e. The van der Waals surface area contributed by atoms with Gasteiger partial charge in [0.05, 0.1) is 0 Å². The molecule has 16 heavy (non-hydrogen) atoms. The second kappa shape index (κ2) is 6.64. The van der Waals surface area contributed by atoms with Crippen LogP contribution in [-0.4, -0.2) is 13.1 Å². The molecule has 3 unspecified atom stereocenters. The van der Waals surface area contributed by atoms with Gasteiger partial charge in [0.25, 0.3) is 0 Å². The highest BCUT2D eigenvalue weighted by Crippen LogP contribution is 2.36. The molecule has 0 heterocycles. The van der Waals surface area contributed by atoms with Gasteiger partial charge in [-0.05, 0) is 56.4 Å². The Labute approximate surface area is 102 Å². The SMILES string of the molecule is CNC1CCC(C(C)C)CC1CCC(C)C. The lowest BCUT2D eigenvalue weighted by Gasteiger charge is -2.38. The maximum atomic E-state index is 3.54. The molecule has 1 nitrogen and oxygen atoms in total. The van der Waals surface area contributed by atoms with E-state index in [1.54, 1.807) is 0 Å². The van der Waals surface area contributed by atoms with Crippen LogP contribution in [0.25, 0.3) is 0 Å². The normalized spacial score (nSPS) is 31.3. The molecule has 1 saturated carbocycles. The Morgan fingerprint density at radius 2 is 1.81 bits per heavy atom. The second-order valence-corrected chi connectivity index (χ2v) is 6.44. The molecule has 1 rings (SSSR count). The molecule has 1 aliphatic rings. The summed E-state index contributed by atoms with van der Waals surface area (Å²) in [5.41, 5.74) is 0. The maximum absolute atomic E-state index is 3.54. The maximum Gasteiger partial charge on any atom is 0.00925 e. The Morgan fingerprint density at radius 1 is 1.12 bits per heavy atom. The van der Waals surface area contributed by atoms with Crippen molar-refractivity contribution < 1.29 is 0 Å². The first-order chi connectivity index (χ1) is 7.54. The molecule has 0 aromatic heterocycles. The van der Waals surface area contributed by atoms with Crippen molar-refractivity contribution in [2.45, 2.75) is 65.8 Å². The van der Waals surface area contributed by atoms with Crippen LogP contribution in [0.15, 0.2) is 0 Å². The summed E-state index contributed by atoms with van der Waals surface area (Å²) in [6.07, 6.45) is 7.10. The summed E-state index contributed by atoms with van der Waals surface area (Å²) in [4.78, 5) is 0. The zero-order chi connectivity index (χ0) is 12.1. The predicted molar refractivity (Wildman–Crippen MR) is 72.6 cm³/mol. The molecule has 0 aliphatic heterocycles. The molecular weight excluding hydrogens is 194 g/mol. The molecule has 0 radical (unpaired) electrons. The van der Waals surface area contributed by atoms with Crippen molar-refractivity contribution in [3.8, 4) is 0 Å². The van der Waals surface area contributed by atoms with E-state index in [2.05, 4.69) is 40.1 Å². The van der Waals surface area contributed by atoms with Crippen molar-refractivity contribution in [2.75, 3.05) is 7.05 Å². The zero-order valence-corrected chi connectivity index (χ0v) is 11.9. The molecule has 0 aromatic carbocycles. The number of rotatable bonds is 5. The molecular formula is C15H31N. The minimum Gasteiger partial charge on any atom is -0.317 e. The summed E-state index contributed by atoms with van der Waals surface area (Å²) in [5, 5.41) is 3.54. The highest BCUT2D eigenvalue weighted by atomic mass is 14.9. The highest BCUT2D eigenvalue weighted by molar-refractivity contribution is 4.85. The fraction of sp³-hybridized carbons (Fsp3) is 1.00. The first-order valence-electron chi connectivity index (χ1n) is 7.21. The van der Waals surface area contributed by atoms with E-state index in [4.69, 9.17) is 0 Å². The number of nitrogens with one attached hydrogen (secondary N) is 1. The molecule has 0 bridgehead atoms. The third kappa shape index (κ3) is 4.08. The third-order valence-electron chi connectivity index (χ3n) is 4.45. The second-order valence-electron chi connectivity index (χ2n) is 6.44. The van der Waals surface area contributed by atoms with Crippen molar-refractivity contribution in [3.63, 3.8) is 0 Å². The highest BCUT2D eigenvalue weighted by Gasteiger charge is 2.30. The number of hydrogen-bond donors (Lipinski definition) is 1. The van der Waals surface area contributed by atoms with Crippen LogP contribution in [-0.2, 0) is 0 Å². The van der Waals surface area contributed by atoms with E-state index in [9.17, 15) is 0 Å². The van der Waals surface area contributed by atoms with E-state index in [0.29, 0.717) is 0 Å². The first kappa shape index (κ1) is 14.0. The Bertz CT molecular complexity index is 186. The van der Waals surface area contributed by atoms with Gasteiger partial charge in [0.2, 0.25) is 0 Å². The lowest BCUT2D eigenvalue weighted by atomic mass is 9.72. The molecule has 3 atom stereocenters. The first-order valence-corrected chi connectivity index (χ1v) is 7.21. The Hall–Kier alpha value is -0.0400. The van der Waals surface area contributed by atoms with Crippen molar-refractivity contribution >= 4 is 0 Å². The van der Waals surface area contributed by atoms with Gasteiger partial charge >= 0.3 is 0 Å². The monoisotopic (exact) mass is 225 g/mol. The average Bonchev–Trinajstić information content (AvgIpc) is 2.25. The summed E-state index contributed by atoms with van der Waals surface area (Å²) >= 11 is 0. The molecule has 0 aromatic rings. The lowest BCUT2D eigenvalue weighted by Crippen LogP contribution is -2.39. The topological polar surface area (TPSA) is 12.0 Å². The van der Waals surface area contributed by atoms with Crippen LogP contribution in [0.2, 0.25) is 0 Å². The van der Waals surface area contributed by atoms with Crippen LogP contribution in [0.5, 0.6) is 0 Å². The van der Waals surface area contributed by atoms with Crippen LogP contribution in [0.4, 0.5) is 0 Å². The van der Waals surface area contributed by atoms with Gasteiger partial charge in [-0.15, -0.1) is 0 Å². The molecule has 96 valence electrons. The van der Waals surface area contributed by atoms with E-state index in [1.165, 1.54) is 32.1 Å². The lowest BCUT2D eigenvalue weighted by molar-refractivity contribution is 0.160. The van der Waals surface area contributed by atoms with Crippen LogP contribution in [0.1, 0.15) is 59.8 Å². The average molecular weight is 225 g/mol. The van der Waals surface area contributed by atoms with Crippen molar-refractivity contribution in [2.24, 2.45) is 23.7 Å². The Morgan fingerprint density at radius 3 is 2.31 bits per heavy atom. The summed E-state index contributed by atoms with van der Waals surface area (Å²) in [7, 11) is 2.14. The Kier molecular flexibility index (Phi) is 5.82. The van der Waals surface area contributed by atoms with Gasteiger partial charge in [-0.2, -0.15) is 0 Å². The van der Waals surface area contributed by atoms with Gasteiger partial charge in [-0.1, -0.05) is 34.1 Å². The van der Waals surface area contributed by atoms with Crippen LogP contribution in [0.3, 0.4) is 0 Å². The smallest absolute Gasteiger partial charge is 0.00925 e. The van der Waals surface area contributed by atoms with Crippen molar-refractivity contribution in [1.82, 2.24) is 5.32 Å². The summed E-state index contributed by atoms with van der Waals surface area (Å²) in [5.74, 6) is 3.63. The third-order valence-corrected chi connectivity index (χ3v) is 4.45. The van der Waals surface area contributed by atoms with Gasteiger partial charge < -0.3 is 5.32 Å². The zero-order valence-electron chi connectivity index (χ0n) is 11.9. The quantitative estimate of drug-likeness (QED) is 0.743. The molecule has 1 N–H and O–H groups in total. The minimum absolute atomic E-state index is 0.786. The molecule has 1 fully saturated rings. The standard InChI is InChI=1S/C15H31N/c1-11(2)6-7-14-10-13(12(3)4)8-9-15(14)16-5/h11-16H,6-10H2,1-5H3.